The SMILES string of the molecule is NCCCCCCCCNC(=O)CCCCCCN. The third-order valence-electron chi connectivity index (χ3n) is 3.31. The van der Waals surface area contributed by atoms with Gasteiger partial charge in [0.25, 0.3) is 0 Å². The molecule has 0 aliphatic rings. The van der Waals surface area contributed by atoms with Gasteiger partial charge in [-0.25, -0.2) is 0 Å². The van der Waals surface area contributed by atoms with E-state index in [-0.39, 0.29) is 5.91 Å². The fraction of sp³-hybridized carbons (Fsp3) is 0.933. The Kier molecular flexibility index (Phi) is 15.0. The first-order chi connectivity index (χ1) is 9.31. The van der Waals surface area contributed by atoms with Crippen LogP contribution < -0.4 is 16.8 Å². The Balaban J connectivity index is 3.12. The van der Waals surface area contributed by atoms with E-state index in [0.29, 0.717) is 6.42 Å². The smallest absolute Gasteiger partial charge is 0.219 e. The highest BCUT2D eigenvalue weighted by atomic mass is 16.1. The summed E-state index contributed by atoms with van der Waals surface area (Å²) in [4.78, 5) is 11.5. The summed E-state index contributed by atoms with van der Waals surface area (Å²) in [7, 11) is 0. The van der Waals surface area contributed by atoms with Crippen LogP contribution in [0.1, 0.15) is 70.6 Å². The van der Waals surface area contributed by atoms with Crippen LogP contribution in [-0.4, -0.2) is 25.5 Å². The maximum atomic E-state index is 11.5. The zero-order chi connectivity index (χ0) is 14.2. The molecule has 0 unspecified atom stereocenters. The van der Waals surface area contributed by atoms with Gasteiger partial charge in [0.15, 0.2) is 0 Å². The molecular weight excluding hydrogens is 238 g/mol. The van der Waals surface area contributed by atoms with Crippen molar-refractivity contribution in [3.8, 4) is 0 Å². The Labute approximate surface area is 118 Å². The van der Waals surface area contributed by atoms with Crippen LogP contribution in [0.2, 0.25) is 0 Å². The number of hydrogen-bond acceptors (Lipinski definition) is 3. The van der Waals surface area contributed by atoms with Crippen molar-refractivity contribution in [3.05, 3.63) is 0 Å². The van der Waals surface area contributed by atoms with Gasteiger partial charge in [-0.3, -0.25) is 4.79 Å². The minimum Gasteiger partial charge on any atom is -0.356 e. The molecular formula is C15H33N3O. The monoisotopic (exact) mass is 271 g/mol. The number of rotatable bonds is 14. The maximum Gasteiger partial charge on any atom is 0.219 e. The lowest BCUT2D eigenvalue weighted by Crippen LogP contribution is -2.23. The van der Waals surface area contributed by atoms with Crippen LogP contribution in [-0.2, 0) is 4.79 Å². The van der Waals surface area contributed by atoms with Gasteiger partial charge in [-0.2, -0.15) is 0 Å². The molecule has 0 saturated carbocycles. The molecule has 19 heavy (non-hydrogen) atoms. The molecule has 0 bridgehead atoms. The lowest BCUT2D eigenvalue weighted by atomic mass is 10.1. The fourth-order valence-electron chi connectivity index (χ4n) is 2.08. The van der Waals surface area contributed by atoms with Crippen molar-refractivity contribution in [1.82, 2.24) is 5.32 Å². The van der Waals surface area contributed by atoms with Gasteiger partial charge in [-0.1, -0.05) is 38.5 Å². The van der Waals surface area contributed by atoms with E-state index in [0.717, 1.165) is 58.2 Å². The van der Waals surface area contributed by atoms with Crippen molar-refractivity contribution >= 4 is 5.91 Å². The molecule has 0 atom stereocenters. The number of unbranched alkanes of at least 4 members (excludes halogenated alkanes) is 8. The standard InChI is InChI=1S/C15H33N3O/c16-12-8-4-1-2-6-10-14-18-15(19)11-7-3-5-9-13-17/h1-14,16-17H2,(H,18,19). The minimum absolute atomic E-state index is 0.205. The van der Waals surface area contributed by atoms with Crippen LogP contribution in [0.25, 0.3) is 0 Å². The van der Waals surface area contributed by atoms with E-state index in [1.165, 1.54) is 25.7 Å². The number of nitrogens with two attached hydrogens (primary N) is 2. The van der Waals surface area contributed by atoms with E-state index < -0.39 is 0 Å². The highest BCUT2D eigenvalue weighted by Gasteiger charge is 2.00. The van der Waals surface area contributed by atoms with E-state index in [1.807, 2.05) is 0 Å². The van der Waals surface area contributed by atoms with Gasteiger partial charge in [0.1, 0.15) is 0 Å². The molecule has 0 fully saturated rings. The van der Waals surface area contributed by atoms with Gasteiger partial charge in [0, 0.05) is 13.0 Å². The third kappa shape index (κ3) is 15.3. The van der Waals surface area contributed by atoms with E-state index in [9.17, 15) is 4.79 Å². The quantitative estimate of drug-likeness (QED) is 0.424. The number of hydrogen-bond donors (Lipinski definition) is 3. The minimum atomic E-state index is 0.205. The summed E-state index contributed by atoms with van der Waals surface area (Å²) < 4.78 is 0. The number of nitrogens with one attached hydrogen (secondary N) is 1. The molecule has 0 radical (unpaired) electrons. The van der Waals surface area contributed by atoms with Crippen molar-refractivity contribution in [3.63, 3.8) is 0 Å². The molecule has 4 nitrogen and oxygen atoms in total. The van der Waals surface area contributed by atoms with Crippen LogP contribution in [0, 0.1) is 0 Å². The highest BCUT2D eigenvalue weighted by molar-refractivity contribution is 5.75. The normalized spacial score (nSPS) is 10.6. The average Bonchev–Trinajstić information content (AvgIpc) is 2.41. The van der Waals surface area contributed by atoms with Crippen molar-refractivity contribution in [2.75, 3.05) is 19.6 Å². The molecule has 4 heteroatoms. The Bertz CT molecular complexity index is 198. The fourth-order valence-corrected chi connectivity index (χ4v) is 2.08. The molecule has 0 heterocycles. The lowest BCUT2D eigenvalue weighted by molar-refractivity contribution is -0.121. The average molecular weight is 271 g/mol. The molecule has 5 N–H and O–H groups in total. The van der Waals surface area contributed by atoms with E-state index in [1.54, 1.807) is 0 Å². The Hall–Kier alpha value is -0.610. The number of carbonyl (C=O) groups is 1. The van der Waals surface area contributed by atoms with Crippen molar-refractivity contribution < 1.29 is 4.79 Å². The maximum absolute atomic E-state index is 11.5. The molecule has 0 aliphatic heterocycles. The van der Waals surface area contributed by atoms with Crippen molar-refractivity contribution in [2.24, 2.45) is 11.5 Å². The zero-order valence-electron chi connectivity index (χ0n) is 12.5. The van der Waals surface area contributed by atoms with Crippen LogP contribution >= 0.6 is 0 Å². The Morgan fingerprint density at radius 2 is 1.16 bits per heavy atom. The van der Waals surface area contributed by atoms with Crippen LogP contribution in [0.15, 0.2) is 0 Å². The molecule has 0 saturated heterocycles. The van der Waals surface area contributed by atoms with E-state index in [2.05, 4.69) is 5.32 Å². The summed E-state index contributed by atoms with van der Waals surface area (Å²) in [6.45, 7) is 2.40. The molecule has 0 aliphatic carbocycles. The summed E-state index contributed by atoms with van der Waals surface area (Å²) in [5.41, 5.74) is 10.9. The third-order valence-corrected chi connectivity index (χ3v) is 3.31. The molecule has 0 aromatic heterocycles. The Morgan fingerprint density at radius 3 is 1.74 bits per heavy atom. The van der Waals surface area contributed by atoms with Gasteiger partial charge in [-0.05, 0) is 38.8 Å². The van der Waals surface area contributed by atoms with Crippen LogP contribution in [0.5, 0.6) is 0 Å². The predicted molar refractivity (Wildman–Crippen MR) is 81.9 cm³/mol. The summed E-state index contributed by atoms with van der Waals surface area (Å²) in [6.07, 6.45) is 12.2. The van der Waals surface area contributed by atoms with Gasteiger partial charge in [0.05, 0.1) is 0 Å². The summed E-state index contributed by atoms with van der Waals surface area (Å²) in [5, 5.41) is 2.99. The second-order valence-electron chi connectivity index (χ2n) is 5.21. The first-order valence-electron chi connectivity index (χ1n) is 7.98. The van der Waals surface area contributed by atoms with Gasteiger partial charge in [-0.15, -0.1) is 0 Å². The van der Waals surface area contributed by atoms with Crippen molar-refractivity contribution in [2.45, 2.75) is 70.6 Å². The topological polar surface area (TPSA) is 81.1 Å². The lowest BCUT2D eigenvalue weighted by Gasteiger charge is -2.05. The van der Waals surface area contributed by atoms with Gasteiger partial charge < -0.3 is 16.8 Å². The number of amides is 1. The number of carbonyl (C=O) groups excluding carboxylic acids is 1. The molecule has 1 amide bonds. The van der Waals surface area contributed by atoms with Crippen molar-refractivity contribution in [1.29, 1.82) is 0 Å². The summed E-state index contributed by atoms with van der Waals surface area (Å²) in [6, 6.07) is 0. The van der Waals surface area contributed by atoms with Crippen LogP contribution in [0.4, 0.5) is 0 Å². The largest absolute Gasteiger partial charge is 0.356 e. The highest BCUT2D eigenvalue weighted by Crippen LogP contribution is 2.04. The summed E-state index contributed by atoms with van der Waals surface area (Å²) >= 11 is 0. The van der Waals surface area contributed by atoms with Gasteiger partial charge >= 0.3 is 0 Å². The van der Waals surface area contributed by atoms with Crippen LogP contribution in [0.3, 0.4) is 0 Å². The first-order valence-corrected chi connectivity index (χ1v) is 7.98. The second-order valence-corrected chi connectivity index (χ2v) is 5.21. The molecule has 0 rings (SSSR count). The molecule has 0 aromatic carbocycles. The Morgan fingerprint density at radius 1 is 0.684 bits per heavy atom. The zero-order valence-corrected chi connectivity index (χ0v) is 12.5. The molecule has 0 aromatic rings. The molecule has 114 valence electrons. The van der Waals surface area contributed by atoms with E-state index >= 15 is 0 Å². The van der Waals surface area contributed by atoms with E-state index in [4.69, 9.17) is 11.5 Å². The first kappa shape index (κ1) is 18.4. The predicted octanol–water partition coefficient (Wildman–Crippen LogP) is 2.31. The van der Waals surface area contributed by atoms with Gasteiger partial charge in [0.2, 0.25) is 5.91 Å². The second kappa shape index (κ2) is 15.4. The molecule has 0 spiro atoms. The summed E-state index contributed by atoms with van der Waals surface area (Å²) in [5.74, 6) is 0.205.